The third-order valence-corrected chi connectivity index (χ3v) is 6.33. The highest BCUT2D eigenvalue weighted by molar-refractivity contribution is 8.15. The summed E-state index contributed by atoms with van der Waals surface area (Å²) >= 11 is 1.25. The molecule has 2 aliphatic rings. The van der Waals surface area contributed by atoms with Crippen LogP contribution in [0.15, 0.2) is 94.9 Å². The quantitative estimate of drug-likeness (QED) is 0.635. The normalized spacial score (nSPS) is 17.7. The molecule has 2 heterocycles. The van der Waals surface area contributed by atoms with Crippen LogP contribution in [0.25, 0.3) is 0 Å². The van der Waals surface area contributed by atoms with Crippen LogP contribution in [0.2, 0.25) is 0 Å². The van der Waals surface area contributed by atoms with E-state index in [0.717, 1.165) is 22.5 Å². The van der Waals surface area contributed by atoms with Gasteiger partial charge in [-0.2, -0.15) is 0 Å². The van der Waals surface area contributed by atoms with Gasteiger partial charge in [0.15, 0.2) is 11.2 Å². The average molecular weight is 441 g/mol. The van der Waals surface area contributed by atoms with Crippen molar-refractivity contribution >= 4 is 46.0 Å². The lowest BCUT2D eigenvalue weighted by molar-refractivity contribution is -0.124. The van der Waals surface area contributed by atoms with Crippen LogP contribution >= 0.6 is 11.8 Å². The molecule has 2 atom stereocenters. The molecule has 0 radical (unpaired) electrons. The lowest BCUT2D eigenvalue weighted by atomic mass is 10.1. The highest BCUT2D eigenvalue weighted by Crippen LogP contribution is 2.38. The van der Waals surface area contributed by atoms with Crippen molar-refractivity contribution in [1.82, 2.24) is 4.90 Å². The second-order valence-electron chi connectivity index (χ2n) is 7.47. The van der Waals surface area contributed by atoms with E-state index < -0.39 is 11.3 Å². The van der Waals surface area contributed by atoms with E-state index in [-0.39, 0.29) is 11.8 Å². The van der Waals surface area contributed by atoms with Crippen LogP contribution < -0.4 is 5.32 Å². The molecule has 0 unspecified atom stereocenters. The fourth-order valence-electron chi connectivity index (χ4n) is 3.66. The molecule has 3 aromatic rings. The predicted molar refractivity (Wildman–Crippen MR) is 128 cm³/mol. The molecule has 0 aromatic heterocycles. The number of carbonyl (C=O) groups is 2. The molecule has 0 saturated carbocycles. The van der Waals surface area contributed by atoms with E-state index in [1.165, 1.54) is 11.8 Å². The Labute approximate surface area is 190 Å². The molecule has 0 bridgehead atoms. The Morgan fingerprint density at radius 1 is 0.969 bits per heavy atom. The van der Waals surface area contributed by atoms with E-state index in [1.54, 1.807) is 11.8 Å². The number of hydrogen-bond acceptors (Lipinski definition) is 5. The second-order valence-corrected chi connectivity index (χ2v) is 8.77. The number of para-hydroxylation sites is 2. The number of amides is 2. The van der Waals surface area contributed by atoms with Gasteiger partial charge in [0.2, 0.25) is 5.91 Å². The maximum atomic E-state index is 13.4. The molecule has 3 aromatic carbocycles. The van der Waals surface area contributed by atoms with Gasteiger partial charge in [0.1, 0.15) is 5.84 Å². The average Bonchev–Trinajstić information content (AvgIpc) is 3.18. The topological polar surface area (TPSA) is 74.1 Å². The van der Waals surface area contributed by atoms with Gasteiger partial charge in [-0.25, -0.2) is 14.9 Å². The zero-order valence-electron chi connectivity index (χ0n) is 17.3. The van der Waals surface area contributed by atoms with Crippen molar-refractivity contribution in [3.8, 4) is 0 Å². The van der Waals surface area contributed by atoms with Crippen LogP contribution in [0.4, 0.5) is 11.4 Å². The number of carbonyl (C=O) groups excluding carboxylic acids is 2. The Hall–Kier alpha value is -3.71. The molecule has 0 spiro atoms. The second kappa shape index (κ2) is 8.43. The number of benzene rings is 3. The molecule has 1 N–H and O–H groups in total. The monoisotopic (exact) mass is 440 g/mol. The summed E-state index contributed by atoms with van der Waals surface area (Å²) in [5.41, 5.74) is 3.10. The van der Waals surface area contributed by atoms with Crippen molar-refractivity contribution in [3.05, 3.63) is 96.1 Å². The van der Waals surface area contributed by atoms with Gasteiger partial charge in [-0.15, -0.1) is 0 Å². The van der Waals surface area contributed by atoms with Crippen LogP contribution in [0.3, 0.4) is 0 Å². The number of fused-ring (bicyclic) bond motifs is 3. The molecule has 0 aliphatic carbocycles. The van der Waals surface area contributed by atoms with Crippen molar-refractivity contribution in [2.75, 3.05) is 5.32 Å². The summed E-state index contributed by atoms with van der Waals surface area (Å²) in [7, 11) is 0. The summed E-state index contributed by atoms with van der Waals surface area (Å²) in [5, 5.41) is 2.90. The fourth-order valence-corrected chi connectivity index (χ4v) is 4.57. The zero-order chi connectivity index (χ0) is 22.1. The minimum absolute atomic E-state index is 0.160. The highest BCUT2D eigenvalue weighted by atomic mass is 32.2. The first-order valence-corrected chi connectivity index (χ1v) is 11.2. The van der Waals surface area contributed by atoms with Crippen molar-refractivity contribution in [1.29, 1.82) is 0 Å². The molecule has 0 fully saturated rings. The number of amidine groups is 2. The zero-order valence-corrected chi connectivity index (χ0v) is 18.1. The summed E-state index contributed by atoms with van der Waals surface area (Å²) in [4.78, 5) is 37.2. The van der Waals surface area contributed by atoms with Gasteiger partial charge in [0.05, 0.1) is 10.9 Å². The molecule has 2 aliphatic heterocycles. The number of aliphatic imine (C=N–C) groups is 2. The number of nitrogens with one attached hydrogen (secondary N) is 1. The molecule has 2 amide bonds. The number of hydrogen-bond donors (Lipinski definition) is 1. The molecule has 7 heteroatoms. The van der Waals surface area contributed by atoms with Gasteiger partial charge >= 0.3 is 0 Å². The van der Waals surface area contributed by atoms with Gasteiger partial charge in [0.25, 0.3) is 5.91 Å². The number of anilines is 1. The largest absolute Gasteiger partial charge is 0.325 e. The number of nitrogens with zero attached hydrogens (tertiary/aromatic N) is 3. The van der Waals surface area contributed by atoms with E-state index in [2.05, 4.69) is 5.32 Å². The van der Waals surface area contributed by atoms with Crippen molar-refractivity contribution in [2.45, 2.75) is 18.2 Å². The van der Waals surface area contributed by atoms with E-state index in [1.807, 2.05) is 84.9 Å². The molecule has 158 valence electrons. The van der Waals surface area contributed by atoms with Gasteiger partial charge in [-0.3, -0.25) is 9.59 Å². The lowest BCUT2D eigenvalue weighted by Crippen LogP contribution is -2.41. The predicted octanol–water partition coefficient (Wildman–Crippen LogP) is 4.78. The Morgan fingerprint density at radius 3 is 2.38 bits per heavy atom. The molecule has 5 rings (SSSR count). The third-order valence-electron chi connectivity index (χ3n) is 5.28. The smallest absolute Gasteiger partial charge is 0.263 e. The SMILES string of the molecule is C[C@@H](SC1=Nc2ccccc2C2=N[C@H](c3ccccc3)C(=O)N12)C(=O)Nc1ccccc1. The van der Waals surface area contributed by atoms with Crippen LogP contribution in [0.1, 0.15) is 24.1 Å². The standard InChI is InChI=1S/C25H20N4O2S/c1-16(23(30)26-18-12-6-3-7-13-18)32-25-27-20-15-9-8-14-19(20)22-28-21(24(31)29(22)25)17-10-4-2-5-11-17/h2-16,21H,1H3,(H,26,30)/t16-,21-/m1/s1. The summed E-state index contributed by atoms with van der Waals surface area (Å²) in [5.74, 6) is 0.253. The number of rotatable bonds is 4. The minimum Gasteiger partial charge on any atom is -0.325 e. The fraction of sp³-hybridized carbons (Fsp3) is 0.120. The first kappa shape index (κ1) is 20.2. The van der Waals surface area contributed by atoms with Crippen LogP contribution in [-0.2, 0) is 9.59 Å². The maximum Gasteiger partial charge on any atom is 0.263 e. The maximum absolute atomic E-state index is 13.4. The highest BCUT2D eigenvalue weighted by Gasteiger charge is 2.42. The third kappa shape index (κ3) is 3.71. The molecular weight excluding hydrogens is 420 g/mol. The van der Waals surface area contributed by atoms with E-state index in [0.29, 0.717) is 11.0 Å². The van der Waals surface area contributed by atoms with Crippen molar-refractivity contribution < 1.29 is 9.59 Å². The number of thioether (sulfide) groups is 1. The first-order chi connectivity index (χ1) is 15.6. The molecule has 0 saturated heterocycles. The molecule has 6 nitrogen and oxygen atoms in total. The van der Waals surface area contributed by atoms with E-state index in [9.17, 15) is 9.59 Å². The lowest BCUT2D eigenvalue weighted by Gasteiger charge is -2.26. The van der Waals surface area contributed by atoms with Crippen LogP contribution in [-0.4, -0.2) is 33.0 Å². The van der Waals surface area contributed by atoms with Gasteiger partial charge in [-0.1, -0.05) is 72.4 Å². The Balaban J connectivity index is 1.45. The summed E-state index contributed by atoms with van der Waals surface area (Å²) in [6, 6.07) is 25.8. The van der Waals surface area contributed by atoms with Crippen LogP contribution in [0.5, 0.6) is 0 Å². The van der Waals surface area contributed by atoms with E-state index >= 15 is 0 Å². The minimum atomic E-state index is -0.628. The summed E-state index contributed by atoms with van der Waals surface area (Å²) in [6.07, 6.45) is 0. The van der Waals surface area contributed by atoms with Gasteiger partial charge in [-0.05, 0) is 36.8 Å². The Bertz CT molecular complexity index is 1240. The summed E-state index contributed by atoms with van der Waals surface area (Å²) < 4.78 is 0. The van der Waals surface area contributed by atoms with Crippen LogP contribution in [0, 0.1) is 0 Å². The van der Waals surface area contributed by atoms with Crippen molar-refractivity contribution in [3.63, 3.8) is 0 Å². The molecular formula is C25H20N4O2S. The summed E-state index contributed by atoms with van der Waals surface area (Å²) in [6.45, 7) is 1.80. The van der Waals surface area contributed by atoms with E-state index in [4.69, 9.17) is 9.98 Å². The van der Waals surface area contributed by atoms with Crippen molar-refractivity contribution in [2.24, 2.45) is 9.98 Å². The first-order valence-electron chi connectivity index (χ1n) is 10.3. The van der Waals surface area contributed by atoms with Gasteiger partial charge < -0.3 is 5.32 Å². The van der Waals surface area contributed by atoms with Gasteiger partial charge in [0, 0.05) is 11.3 Å². The Morgan fingerprint density at radius 2 is 1.62 bits per heavy atom. The Kier molecular flexibility index (Phi) is 5.33. The molecule has 32 heavy (non-hydrogen) atoms.